The van der Waals surface area contributed by atoms with Gasteiger partial charge in [-0.05, 0) is 63.1 Å². The first-order valence-corrected chi connectivity index (χ1v) is 16.8. The third-order valence-corrected chi connectivity index (χ3v) is 10.0. The van der Waals surface area contributed by atoms with E-state index in [9.17, 15) is 0 Å². The number of fused-ring (bicyclic) bond motifs is 7. The highest BCUT2D eigenvalue weighted by molar-refractivity contribution is 5.92. The van der Waals surface area contributed by atoms with Crippen molar-refractivity contribution in [1.82, 2.24) is 0 Å². The van der Waals surface area contributed by atoms with Crippen molar-refractivity contribution < 1.29 is 0 Å². The van der Waals surface area contributed by atoms with Crippen molar-refractivity contribution in [3.8, 4) is 0 Å². The number of para-hydroxylation sites is 1. The zero-order chi connectivity index (χ0) is 32.0. The normalized spacial score (nSPS) is 19.7. The van der Waals surface area contributed by atoms with Crippen LogP contribution in [0.1, 0.15) is 62.6 Å². The number of rotatable bonds is 5. The summed E-state index contributed by atoms with van der Waals surface area (Å²) in [5, 5.41) is 15.1. The molecule has 0 bridgehead atoms. The van der Waals surface area contributed by atoms with Gasteiger partial charge in [-0.1, -0.05) is 134 Å². The van der Waals surface area contributed by atoms with E-state index in [-0.39, 0.29) is 18.1 Å². The molecule has 5 heteroatoms. The molecule has 0 fully saturated rings. The summed E-state index contributed by atoms with van der Waals surface area (Å²) in [6.45, 7) is 0.843. The maximum Gasteiger partial charge on any atom is 0.0774 e. The van der Waals surface area contributed by atoms with E-state index in [4.69, 9.17) is 5.73 Å². The summed E-state index contributed by atoms with van der Waals surface area (Å²) in [5.74, 6) is 0. The Balaban J connectivity index is 0.993. The number of nitrogen functional groups attached to an aromatic ring is 1. The highest BCUT2D eigenvalue weighted by Crippen LogP contribution is 2.50. The summed E-state index contributed by atoms with van der Waals surface area (Å²) in [6, 6.07) is 37.0. The van der Waals surface area contributed by atoms with Gasteiger partial charge in [-0.3, -0.25) is 0 Å². The van der Waals surface area contributed by atoms with Gasteiger partial charge in [0.1, 0.15) is 0 Å². The van der Waals surface area contributed by atoms with E-state index >= 15 is 0 Å². The van der Waals surface area contributed by atoms with E-state index in [0.29, 0.717) is 0 Å². The first-order valence-electron chi connectivity index (χ1n) is 16.8. The standard InChI is InChI=1S/C43H37N5/c44-38-29(11-6-10-27-8-2-1-3-9-27)17-20-32-23-24-36(46-40(32)38)28-15-18-31(19-16-28)39-35-26-33-22-21-30-12-7-25-45-41(30)42(33)48-43(35)34-13-4-5-14-37(34)47-39/h1-9,11-24,26,36,39,43,45-48H,10,25,44H2/b11-6-. The fraction of sp³-hybridized carbons (Fsp3) is 0.116. The van der Waals surface area contributed by atoms with Crippen LogP contribution in [0.2, 0.25) is 0 Å². The van der Waals surface area contributed by atoms with Crippen LogP contribution in [-0.2, 0) is 6.42 Å². The number of allylic oxidation sites excluding steroid dienone is 1. The van der Waals surface area contributed by atoms with Gasteiger partial charge in [0.2, 0.25) is 0 Å². The topological polar surface area (TPSA) is 74.1 Å². The van der Waals surface area contributed by atoms with Gasteiger partial charge in [-0.2, -0.15) is 0 Å². The lowest BCUT2D eigenvalue weighted by Gasteiger charge is -2.40. The SMILES string of the molecule is Nc1c(/C=C\Cc2ccccc2)ccc2c1NC(c1ccc(C3Nc4ccccc4C4Nc5c(ccc6c5NCC=C6)C=C34)cc1)C=C2. The molecule has 4 aliphatic heterocycles. The zero-order valence-corrected chi connectivity index (χ0v) is 26.6. The second-order valence-electron chi connectivity index (χ2n) is 12.9. The highest BCUT2D eigenvalue weighted by Gasteiger charge is 2.36. The first-order chi connectivity index (χ1) is 23.7. The smallest absolute Gasteiger partial charge is 0.0774 e. The Kier molecular flexibility index (Phi) is 6.89. The van der Waals surface area contributed by atoms with Crippen LogP contribution in [0.5, 0.6) is 0 Å². The average Bonchev–Trinajstić information content (AvgIpc) is 3.15. The molecule has 5 aromatic carbocycles. The summed E-state index contributed by atoms with van der Waals surface area (Å²) in [4.78, 5) is 0. The average molecular weight is 624 g/mol. The van der Waals surface area contributed by atoms with Crippen LogP contribution >= 0.6 is 0 Å². The Morgan fingerprint density at radius 1 is 0.667 bits per heavy atom. The summed E-state index contributed by atoms with van der Waals surface area (Å²) >= 11 is 0. The fourth-order valence-electron chi connectivity index (χ4n) is 7.51. The number of nitrogens with two attached hydrogens (primary N) is 1. The van der Waals surface area contributed by atoms with E-state index in [1.54, 1.807) is 0 Å². The Labute approximate surface area is 281 Å². The molecular formula is C43H37N5. The van der Waals surface area contributed by atoms with Crippen LogP contribution in [0.3, 0.4) is 0 Å². The van der Waals surface area contributed by atoms with Crippen molar-refractivity contribution in [2.45, 2.75) is 24.5 Å². The van der Waals surface area contributed by atoms with Gasteiger partial charge < -0.3 is 27.0 Å². The van der Waals surface area contributed by atoms with E-state index < -0.39 is 0 Å². The maximum absolute atomic E-state index is 6.74. The predicted octanol–water partition coefficient (Wildman–Crippen LogP) is 9.86. The quantitative estimate of drug-likeness (QED) is 0.126. The summed E-state index contributed by atoms with van der Waals surface area (Å²) < 4.78 is 0. The largest absolute Gasteiger partial charge is 0.397 e. The molecule has 5 nitrogen and oxygen atoms in total. The third kappa shape index (κ3) is 4.96. The molecular weight excluding hydrogens is 587 g/mol. The van der Waals surface area contributed by atoms with E-state index in [1.807, 2.05) is 6.07 Å². The Bertz CT molecular complexity index is 2160. The van der Waals surface area contributed by atoms with Gasteiger partial charge in [-0.25, -0.2) is 0 Å². The van der Waals surface area contributed by atoms with Crippen molar-refractivity contribution in [1.29, 1.82) is 0 Å². The van der Waals surface area contributed by atoms with Gasteiger partial charge in [0, 0.05) is 17.8 Å². The lowest BCUT2D eigenvalue weighted by molar-refractivity contribution is 0.751. The van der Waals surface area contributed by atoms with E-state index in [1.165, 1.54) is 56.0 Å². The van der Waals surface area contributed by atoms with Gasteiger partial charge in [0.25, 0.3) is 0 Å². The van der Waals surface area contributed by atoms with Crippen molar-refractivity contribution in [3.63, 3.8) is 0 Å². The van der Waals surface area contributed by atoms with Crippen LogP contribution in [-0.4, -0.2) is 6.54 Å². The molecule has 0 amide bonds. The predicted molar refractivity (Wildman–Crippen MR) is 203 cm³/mol. The van der Waals surface area contributed by atoms with Gasteiger partial charge in [0.15, 0.2) is 0 Å². The van der Waals surface area contributed by atoms with Crippen LogP contribution in [0, 0.1) is 0 Å². The second-order valence-corrected chi connectivity index (χ2v) is 12.9. The molecule has 234 valence electrons. The summed E-state index contributed by atoms with van der Waals surface area (Å²) in [7, 11) is 0. The lowest BCUT2D eigenvalue weighted by Crippen LogP contribution is -2.31. The number of anilines is 5. The first kappa shape index (κ1) is 28.3. The Morgan fingerprint density at radius 3 is 2.33 bits per heavy atom. The van der Waals surface area contributed by atoms with Crippen LogP contribution in [0.15, 0.2) is 127 Å². The minimum Gasteiger partial charge on any atom is -0.397 e. The van der Waals surface area contributed by atoms with Gasteiger partial charge in [0.05, 0.1) is 40.9 Å². The molecule has 4 aliphatic rings. The molecule has 3 atom stereocenters. The van der Waals surface area contributed by atoms with E-state index in [2.05, 4.69) is 161 Å². The van der Waals surface area contributed by atoms with Gasteiger partial charge >= 0.3 is 0 Å². The minimum atomic E-state index is 0.0281. The second kappa shape index (κ2) is 11.7. The Hall–Kier alpha value is -5.94. The molecule has 0 radical (unpaired) electrons. The molecule has 48 heavy (non-hydrogen) atoms. The van der Waals surface area contributed by atoms with Gasteiger partial charge in [-0.15, -0.1) is 0 Å². The molecule has 5 aromatic rings. The molecule has 0 saturated heterocycles. The number of benzene rings is 5. The van der Waals surface area contributed by atoms with Crippen molar-refractivity contribution >= 4 is 52.7 Å². The molecule has 9 rings (SSSR count). The van der Waals surface area contributed by atoms with Crippen molar-refractivity contribution in [2.75, 3.05) is 33.5 Å². The van der Waals surface area contributed by atoms with Crippen molar-refractivity contribution in [3.05, 3.63) is 171 Å². The molecule has 4 heterocycles. The Morgan fingerprint density at radius 2 is 1.44 bits per heavy atom. The maximum atomic E-state index is 6.74. The highest BCUT2D eigenvalue weighted by atomic mass is 15.0. The fourth-order valence-corrected chi connectivity index (χ4v) is 7.51. The van der Waals surface area contributed by atoms with Crippen LogP contribution < -0.4 is 27.0 Å². The van der Waals surface area contributed by atoms with Crippen LogP contribution in [0.4, 0.5) is 28.4 Å². The van der Waals surface area contributed by atoms with Crippen LogP contribution in [0.25, 0.3) is 24.3 Å². The number of hydrogen-bond acceptors (Lipinski definition) is 5. The molecule has 0 saturated carbocycles. The zero-order valence-electron chi connectivity index (χ0n) is 26.6. The minimum absolute atomic E-state index is 0.0281. The third-order valence-electron chi connectivity index (χ3n) is 10.0. The molecule has 6 N–H and O–H groups in total. The molecule has 0 spiro atoms. The number of hydrogen-bond donors (Lipinski definition) is 5. The molecule has 3 unspecified atom stereocenters. The van der Waals surface area contributed by atoms with Crippen molar-refractivity contribution in [2.24, 2.45) is 0 Å². The summed E-state index contributed by atoms with van der Waals surface area (Å²) in [6.07, 6.45) is 16.4. The molecule has 0 aliphatic carbocycles. The van der Waals surface area contributed by atoms with E-state index in [0.717, 1.165) is 35.5 Å². The monoisotopic (exact) mass is 623 g/mol. The summed E-state index contributed by atoms with van der Waals surface area (Å²) in [5.41, 5.74) is 23.0. The number of nitrogens with one attached hydrogen (secondary N) is 4. The lowest BCUT2D eigenvalue weighted by atomic mass is 9.80. The molecule has 0 aromatic heterocycles.